The van der Waals surface area contributed by atoms with Gasteiger partial charge in [-0.2, -0.15) is 10.7 Å². The van der Waals surface area contributed by atoms with Crippen LogP contribution in [-0.2, 0) is 19.6 Å². The Morgan fingerprint density at radius 1 is 1.10 bits per heavy atom. The lowest BCUT2D eigenvalue weighted by Gasteiger charge is -2.20. The van der Waals surface area contributed by atoms with E-state index in [1.165, 1.54) is 0 Å². The fourth-order valence-corrected chi connectivity index (χ4v) is 3.84. The highest BCUT2D eigenvalue weighted by Crippen LogP contribution is 2.30. The van der Waals surface area contributed by atoms with Gasteiger partial charge in [0.2, 0.25) is 0 Å². The molecular weight excluding hydrogens is 400 g/mol. The zero-order valence-electron chi connectivity index (χ0n) is 16.8. The first-order valence-electron chi connectivity index (χ1n) is 10.1. The first kappa shape index (κ1) is 20.3. The molecule has 2 aromatic carbocycles. The lowest BCUT2D eigenvalue weighted by atomic mass is 10.0. The number of para-hydroxylation sites is 1. The van der Waals surface area contributed by atoms with E-state index in [0.29, 0.717) is 17.4 Å². The summed E-state index contributed by atoms with van der Waals surface area (Å²) in [6.45, 7) is 2.65. The second kappa shape index (κ2) is 9.19. The molecule has 1 aliphatic heterocycles. The summed E-state index contributed by atoms with van der Waals surface area (Å²) in [5.41, 5.74) is 10.9. The summed E-state index contributed by atoms with van der Waals surface area (Å²) in [6, 6.07) is 16.5. The molecule has 3 N–H and O–H groups in total. The lowest BCUT2D eigenvalue weighted by Crippen LogP contribution is -2.39. The zero-order chi connectivity index (χ0) is 20.9. The predicted molar refractivity (Wildman–Crippen MR) is 120 cm³/mol. The number of hydrazine groups is 2. The largest absolute Gasteiger partial charge is 0.390 e. The van der Waals surface area contributed by atoms with Gasteiger partial charge in [0.25, 0.3) is 0 Å². The molecule has 0 saturated carbocycles. The van der Waals surface area contributed by atoms with Gasteiger partial charge in [0.05, 0.1) is 18.0 Å². The van der Waals surface area contributed by atoms with Crippen LogP contribution in [0.2, 0.25) is 5.15 Å². The van der Waals surface area contributed by atoms with Crippen molar-refractivity contribution in [3.05, 3.63) is 70.8 Å². The second-order valence-electron chi connectivity index (χ2n) is 7.15. The lowest BCUT2D eigenvalue weighted by molar-refractivity contribution is 0.271. The van der Waals surface area contributed by atoms with Gasteiger partial charge in [0, 0.05) is 18.5 Å². The first-order chi connectivity index (χ1) is 14.7. The molecule has 0 aliphatic carbocycles. The van der Waals surface area contributed by atoms with Crippen LogP contribution in [0.15, 0.2) is 53.6 Å². The molecule has 2 heterocycles. The summed E-state index contributed by atoms with van der Waals surface area (Å²) in [4.78, 5) is 4.47. The van der Waals surface area contributed by atoms with E-state index < -0.39 is 0 Å². The number of hydrogen-bond acceptors (Lipinski definition) is 6. The summed E-state index contributed by atoms with van der Waals surface area (Å²) < 4.78 is 2.04. The number of imidazole rings is 1. The highest BCUT2D eigenvalue weighted by atomic mass is 35.5. The molecule has 3 aromatic rings. The van der Waals surface area contributed by atoms with Gasteiger partial charge < -0.3 is 9.67 Å². The van der Waals surface area contributed by atoms with Crippen LogP contribution >= 0.6 is 11.6 Å². The molecule has 0 saturated heterocycles. The van der Waals surface area contributed by atoms with Gasteiger partial charge in [0.15, 0.2) is 5.15 Å². The fraction of sp³-hybridized carbons (Fsp3) is 0.273. The highest BCUT2D eigenvalue weighted by Gasteiger charge is 2.16. The molecule has 0 fully saturated rings. The number of hydrogen-bond donors (Lipinski definition) is 3. The minimum absolute atomic E-state index is 0.124. The Balaban J connectivity index is 1.59. The van der Waals surface area contributed by atoms with Crippen LogP contribution in [0.4, 0.5) is 5.69 Å². The zero-order valence-corrected chi connectivity index (χ0v) is 17.6. The molecule has 156 valence electrons. The van der Waals surface area contributed by atoms with Crippen molar-refractivity contribution in [3.63, 3.8) is 0 Å². The molecule has 4 rings (SSSR count). The SMILES string of the molecule is CCCCc1nc(Cl)c(CO)n1Cc1ccc(-c2ccccc2N2NC=NN2)cc1. The van der Waals surface area contributed by atoms with Gasteiger partial charge in [-0.1, -0.05) is 67.4 Å². The highest BCUT2D eigenvalue weighted by molar-refractivity contribution is 6.30. The number of aliphatic hydroxyl groups is 1. The molecule has 8 heteroatoms. The quantitative estimate of drug-likeness (QED) is 0.511. The van der Waals surface area contributed by atoms with E-state index in [-0.39, 0.29) is 6.61 Å². The minimum Gasteiger partial charge on any atom is -0.390 e. The Morgan fingerprint density at radius 3 is 2.60 bits per heavy atom. The summed E-state index contributed by atoms with van der Waals surface area (Å²) >= 11 is 6.26. The van der Waals surface area contributed by atoms with Crippen molar-refractivity contribution in [2.24, 2.45) is 5.10 Å². The maximum Gasteiger partial charge on any atom is 0.152 e. The van der Waals surface area contributed by atoms with Crippen LogP contribution in [0, 0.1) is 0 Å². The number of aromatic nitrogens is 2. The number of halogens is 1. The summed E-state index contributed by atoms with van der Waals surface area (Å²) in [5, 5.41) is 15.9. The van der Waals surface area contributed by atoms with E-state index in [1.54, 1.807) is 11.5 Å². The third kappa shape index (κ3) is 4.13. The molecule has 0 radical (unpaired) electrons. The number of aliphatic hydroxyl groups excluding tert-OH is 1. The maximum atomic E-state index is 9.77. The predicted octanol–water partition coefficient (Wildman–Crippen LogP) is 3.86. The average molecular weight is 425 g/mol. The van der Waals surface area contributed by atoms with E-state index in [4.69, 9.17) is 11.6 Å². The van der Waals surface area contributed by atoms with Crippen LogP contribution < -0.4 is 16.1 Å². The second-order valence-corrected chi connectivity index (χ2v) is 7.51. The summed E-state index contributed by atoms with van der Waals surface area (Å²) in [7, 11) is 0. The summed E-state index contributed by atoms with van der Waals surface area (Å²) in [6.07, 6.45) is 4.57. The van der Waals surface area contributed by atoms with Crippen LogP contribution in [0.1, 0.15) is 36.8 Å². The molecule has 0 amide bonds. The average Bonchev–Trinajstić information content (AvgIpc) is 3.41. The number of benzene rings is 2. The minimum atomic E-state index is -0.124. The van der Waals surface area contributed by atoms with Gasteiger partial charge >= 0.3 is 0 Å². The third-order valence-corrected chi connectivity index (χ3v) is 5.47. The van der Waals surface area contributed by atoms with E-state index in [1.807, 2.05) is 22.8 Å². The van der Waals surface area contributed by atoms with Crippen molar-refractivity contribution < 1.29 is 5.11 Å². The topological polar surface area (TPSA) is 77.7 Å². The standard InChI is InChI=1S/C22H25ClN6O/c1-2-3-8-21-26-22(23)20(14-30)28(21)13-16-9-11-17(12-10-16)18-6-4-5-7-19(18)29-25-15-24-27-29/h4-7,9-12,15,27,30H,2-3,8,13-14H2,1H3,(H,24,25). The molecule has 0 bridgehead atoms. The van der Waals surface area contributed by atoms with Gasteiger partial charge in [-0.15, -0.1) is 5.10 Å². The molecular formula is C22H25ClN6O. The molecule has 1 aromatic heterocycles. The van der Waals surface area contributed by atoms with E-state index in [0.717, 1.165) is 47.5 Å². The van der Waals surface area contributed by atoms with Crippen molar-refractivity contribution in [2.75, 3.05) is 5.12 Å². The van der Waals surface area contributed by atoms with Gasteiger partial charge in [-0.05, 0) is 23.6 Å². The Kier molecular flexibility index (Phi) is 6.21. The van der Waals surface area contributed by atoms with Gasteiger partial charge in [-0.25, -0.2) is 4.98 Å². The van der Waals surface area contributed by atoms with Crippen LogP contribution in [0.3, 0.4) is 0 Å². The van der Waals surface area contributed by atoms with Crippen molar-refractivity contribution in [3.8, 4) is 11.1 Å². The van der Waals surface area contributed by atoms with Crippen molar-refractivity contribution >= 4 is 23.6 Å². The summed E-state index contributed by atoms with van der Waals surface area (Å²) in [5.74, 6) is 0.923. The molecule has 1 aliphatic rings. The van der Waals surface area contributed by atoms with Crippen molar-refractivity contribution in [1.29, 1.82) is 0 Å². The Bertz CT molecular complexity index is 1020. The number of rotatable bonds is 8. The van der Waals surface area contributed by atoms with Crippen LogP contribution in [0.5, 0.6) is 0 Å². The number of nitrogens with zero attached hydrogens (tertiary/aromatic N) is 4. The first-order valence-corrected chi connectivity index (χ1v) is 10.5. The van der Waals surface area contributed by atoms with Gasteiger partial charge in [0.1, 0.15) is 12.2 Å². The van der Waals surface area contributed by atoms with E-state index in [2.05, 4.69) is 58.3 Å². The number of hydrazone groups is 1. The third-order valence-electron chi connectivity index (χ3n) is 5.17. The maximum absolute atomic E-state index is 9.77. The van der Waals surface area contributed by atoms with E-state index in [9.17, 15) is 5.11 Å². The number of anilines is 1. The molecule has 0 atom stereocenters. The molecule has 7 nitrogen and oxygen atoms in total. The molecule has 30 heavy (non-hydrogen) atoms. The Morgan fingerprint density at radius 2 is 1.90 bits per heavy atom. The number of unbranched alkanes of at least 4 members (excludes halogenated alkanes) is 1. The normalized spacial score (nSPS) is 12.8. The number of nitrogens with one attached hydrogen (secondary N) is 2. The monoisotopic (exact) mass is 424 g/mol. The molecule has 0 spiro atoms. The molecule has 0 unspecified atom stereocenters. The Labute approximate surface area is 180 Å². The smallest absolute Gasteiger partial charge is 0.152 e. The van der Waals surface area contributed by atoms with Crippen molar-refractivity contribution in [2.45, 2.75) is 39.3 Å². The van der Waals surface area contributed by atoms with E-state index >= 15 is 0 Å². The number of aryl methyl sites for hydroxylation is 1. The van der Waals surface area contributed by atoms with Crippen molar-refractivity contribution in [1.82, 2.24) is 20.5 Å². The van der Waals surface area contributed by atoms with Crippen LogP contribution in [-0.4, -0.2) is 21.0 Å². The van der Waals surface area contributed by atoms with Gasteiger partial charge in [-0.3, -0.25) is 5.43 Å². The Hall–Kier alpha value is -3.03. The fourth-order valence-electron chi connectivity index (χ4n) is 3.58. The van der Waals surface area contributed by atoms with Crippen LogP contribution in [0.25, 0.3) is 11.1 Å².